The van der Waals surface area contributed by atoms with E-state index in [1.54, 1.807) is 6.07 Å². The van der Waals surface area contributed by atoms with Crippen LogP contribution in [0.1, 0.15) is 47.7 Å². The van der Waals surface area contributed by atoms with Crippen molar-refractivity contribution < 1.29 is 9.18 Å². The summed E-state index contributed by atoms with van der Waals surface area (Å²) in [6.07, 6.45) is 4.14. The number of nitrogens with two attached hydrogens (primary N) is 1. The molecule has 1 saturated heterocycles. The van der Waals surface area contributed by atoms with Crippen LogP contribution in [0, 0.1) is 5.82 Å². The minimum atomic E-state index is -0.343. The normalized spacial score (nSPS) is 19.4. The summed E-state index contributed by atoms with van der Waals surface area (Å²) >= 11 is 0. The van der Waals surface area contributed by atoms with Crippen LogP contribution in [-0.2, 0) is 0 Å². The number of rotatable bonds is 3. The molecule has 0 radical (unpaired) electrons. The molecule has 1 aliphatic heterocycles. The smallest absolute Gasteiger partial charge is 0.254 e. The standard InChI is InChI=1S/C18H20FN3O.2ClH/c19-12-5-6-16-14(8-12)15(9-17(21-16)11-3-4-11)18(23)22-7-1-2-13(22)10-20;;/h5-6,8-9,11,13H,1-4,7,10,20H2;2*1H. The van der Waals surface area contributed by atoms with E-state index in [4.69, 9.17) is 5.73 Å². The number of carbonyl (C=O) groups is 1. The van der Waals surface area contributed by atoms with Gasteiger partial charge in [-0.3, -0.25) is 9.78 Å². The molecule has 1 amide bonds. The van der Waals surface area contributed by atoms with Crippen LogP contribution >= 0.6 is 24.8 Å². The second kappa shape index (κ2) is 7.85. The van der Waals surface area contributed by atoms with E-state index in [9.17, 15) is 9.18 Å². The van der Waals surface area contributed by atoms with Crippen LogP contribution in [-0.4, -0.2) is 34.9 Å². The number of amides is 1. The lowest BCUT2D eigenvalue weighted by Gasteiger charge is -2.24. The molecule has 4 rings (SSSR count). The lowest BCUT2D eigenvalue weighted by molar-refractivity contribution is 0.0743. The van der Waals surface area contributed by atoms with E-state index >= 15 is 0 Å². The molecule has 2 fully saturated rings. The van der Waals surface area contributed by atoms with E-state index in [0.29, 0.717) is 28.9 Å². The first-order valence-corrected chi connectivity index (χ1v) is 8.28. The minimum absolute atomic E-state index is 0. The number of carbonyl (C=O) groups excluding carboxylic acids is 1. The second-order valence-corrected chi connectivity index (χ2v) is 6.56. The number of halogens is 3. The molecule has 136 valence electrons. The van der Waals surface area contributed by atoms with Gasteiger partial charge in [0.25, 0.3) is 5.91 Å². The van der Waals surface area contributed by atoms with Gasteiger partial charge in [-0.15, -0.1) is 24.8 Å². The zero-order valence-corrected chi connectivity index (χ0v) is 15.4. The average Bonchev–Trinajstić information content (AvgIpc) is 3.30. The van der Waals surface area contributed by atoms with Crippen molar-refractivity contribution in [1.29, 1.82) is 0 Å². The van der Waals surface area contributed by atoms with Gasteiger partial charge in [0.05, 0.1) is 11.1 Å². The SMILES string of the molecule is Cl.Cl.NCC1CCCN1C(=O)c1cc(C2CC2)nc2ccc(F)cc12. The maximum Gasteiger partial charge on any atom is 0.254 e. The van der Waals surface area contributed by atoms with Gasteiger partial charge in [0, 0.05) is 36.1 Å². The summed E-state index contributed by atoms with van der Waals surface area (Å²) in [7, 11) is 0. The molecule has 1 saturated carbocycles. The Balaban J connectivity index is 0.00000113. The summed E-state index contributed by atoms with van der Waals surface area (Å²) < 4.78 is 13.7. The summed E-state index contributed by atoms with van der Waals surface area (Å²) in [6, 6.07) is 6.44. The highest BCUT2D eigenvalue weighted by atomic mass is 35.5. The topological polar surface area (TPSA) is 59.2 Å². The molecular weight excluding hydrogens is 364 g/mol. The second-order valence-electron chi connectivity index (χ2n) is 6.56. The maximum absolute atomic E-state index is 13.7. The Morgan fingerprint density at radius 2 is 2.00 bits per heavy atom. The number of likely N-dealkylation sites (tertiary alicyclic amines) is 1. The molecule has 2 aromatic rings. The highest BCUT2D eigenvalue weighted by Crippen LogP contribution is 2.40. The number of hydrogen-bond acceptors (Lipinski definition) is 3. The molecule has 1 atom stereocenters. The Hall–Kier alpha value is -1.43. The minimum Gasteiger partial charge on any atom is -0.334 e. The fourth-order valence-corrected chi connectivity index (χ4v) is 3.49. The van der Waals surface area contributed by atoms with Crippen LogP contribution in [0.2, 0.25) is 0 Å². The van der Waals surface area contributed by atoms with Crippen molar-refractivity contribution in [2.75, 3.05) is 13.1 Å². The Kier molecular flexibility index (Phi) is 6.25. The third-order valence-corrected chi connectivity index (χ3v) is 4.93. The van der Waals surface area contributed by atoms with Crippen LogP contribution < -0.4 is 5.73 Å². The maximum atomic E-state index is 13.7. The van der Waals surface area contributed by atoms with Crippen molar-refractivity contribution in [3.8, 4) is 0 Å². The molecule has 1 unspecified atom stereocenters. The molecule has 2 heterocycles. The highest BCUT2D eigenvalue weighted by Gasteiger charge is 2.31. The summed E-state index contributed by atoms with van der Waals surface area (Å²) in [6.45, 7) is 1.19. The predicted octanol–water partition coefficient (Wildman–Crippen LogP) is 3.66. The highest BCUT2D eigenvalue weighted by molar-refractivity contribution is 6.06. The zero-order chi connectivity index (χ0) is 16.0. The lowest BCUT2D eigenvalue weighted by Crippen LogP contribution is -2.40. The molecular formula is C18H22Cl2FN3O. The van der Waals surface area contributed by atoms with Gasteiger partial charge in [-0.05, 0) is 49.9 Å². The van der Waals surface area contributed by atoms with E-state index in [-0.39, 0.29) is 42.6 Å². The number of aromatic nitrogens is 1. The third kappa shape index (κ3) is 3.73. The average molecular weight is 386 g/mol. The number of pyridine rings is 1. The largest absolute Gasteiger partial charge is 0.334 e. The summed E-state index contributed by atoms with van der Waals surface area (Å²) in [5.74, 6) is 0.0575. The fraction of sp³-hybridized carbons (Fsp3) is 0.444. The van der Waals surface area contributed by atoms with Gasteiger partial charge < -0.3 is 10.6 Å². The van der Waals surface area contributed by atoms with Gasteiger partial charge in [0.15, 0.2) is 0 Å². The van der Waals surface area contributed by atoms with E-state index in [1.807, 2.05) is 11.0 Å². The Morgan fingerprint density at radius 1 is 1.24 bits per heavy atom. The number of nitrogens with zero attached hydrogens (tertiary/aromatic N) is 2. The molecule has 0 spiro atoms. The van der Waals surface area contributed by atoms with Crippen molar-refractivity contribution in [2.45, 2.75) is 37.6 Å². The third-order valence-electron chi connectivity index (χ3n) is 4.93. The molecule has 4 nitrogen and oxygen atoms in total. The van der Waals surface area contributed by atoms with Gasteiger partial charge in [-0.25, -0.2) is 4.39 Å². The molecule has 7 heteroatoms. The van der Waals surface area contributed by atoms with Crippen molar-refractivity contribution in [3.05, 3.63) is 41.3 Å². The van der Waals surface area contributed by atoms with E-state index in [0.717, 1.165) is 37.9 Å². The van der Waals surface area contributed by atoms with Crippen molar-refractivity contribution >= 4 is 41.6 Å². The van der Waals surface area contributed by atoms with E-state index < -0.39 is 0 Å². The Bertz CT molecular complexity index is 782. The van der Waals surface area contributed by atoms with Gasteiger partial charge in [0.1, 0.15) is 5.82 Å². The molecule has 2 N–H and O–H groups in total. The molecule has 0 bridgehead atoms. The Labute approximate surface area is 158 Å². The molecule has 25 heavy (non-hydrogen) atoms. The predicted molar refractivity (Wildman–Crippen MR) is 101 cm³/mol. The first-order valence-electron chi connectivity index (χ1n) is 8.28. The van der Waals surface area contributed by atoms with Crippen molar-refractivity contribution in [3.63, 3.8) is 0 Å². The first kappa shape index (κ1) is 19.9. The van der Waals surface area contributed by atoms with Crippen molar-refractivity contribution in [2.24, 2.45) is 5.73 Å². The molecule has 1 aromatic heterocycles. The van der Waals surface area contributed by atoms with Crippen LogP contribution in [0.4, 0.5) is 4.39 Å². The van der Waals surface area contributed by atoms with Gasteiger partial charge >= 0.3 is 0 Å². The zero-order valence-electron chi connectivity index (χ0n) is 13.8. The van der Waals surface area contributed by atoms with Crippen LogP contribution in [0.3, 0.4) is 0 Å². The summed E-state index contributed by atoms with van der Waals surface area (Å²) in [5.41, 5.74) is 8.02. The van der Waals surface area contributed by atoms with Crippen LogP contribution in [0.5, 0.6) is 0 Å². The monoisotopic (exact) mass is 385 g/mol. The summed E-state index contributed by atoms with van der Waals surface area (Å²) in [5, 5.41) is 0.599. The molecule has 2 aliphatic rings. The lowest BCUT2D eigenvalue weighted by atomic mass is 10.0. The molecule has 1 aliphatic carbocycles. The first-order chi connectivity index (χ1) is 11.2. The fourth-order valence-electron chi connectivity index (χ4n) is 3.49. The van der Waals surface area contributed by atoms with Gasteiger partial charge in [-0.2, -0.15) is 0 Å². The Morgan fingerprint density at radius 3 is 2.68 bits per heavy atom. The quantitative estimate of drug-likeness (QED) is 0.876. The number of benzene rings is 1. The van der Waals surface area contributed by atoms with E-state index in [1.165, 1.54) is 12.1 Å². The summed E-state index contributed by atoms with van der Waals surface area (Å²) in [4.78, 5) is 19.5. The number of fused-ring (bicyclic) bond motifs is 1. The number of hydrogen-bond donors (Lipinski definition) is 1. The van der Waals surface area contributed by atoms with E-state index in [2.05, 4.69) is 4.98 Å². The van der Waals surface area contributed by atoms with Crippen molar-refractivity contribution in [1.82, 2.24) is 9.88 Å². The van der Waals surface area contributed by atoms with Gasteiger partial charge in [0.2, 0.25) is 0 Å². The van der Waals surface area contributed by atoms with Crippen LogP contribution in [0.25, 0.3) is 10.9 Å². The van der Waals surface area contributed by atoms with Crippen LogP contribution in [0.15, 0.2) is 24.3 Å². The molecule has 1 aromatic carbocycles. The van der Waals surface area contributed by atoms with Gasteiger partial charge in [-0.1, -0.05) is 0 Å².